The number of benzene rings is 4. The van der Waals surface area contributed by atoms with Gasteiger partial charge in [0.15, 0.2) is 0 Å². The number of fused-ring (bicyclic) bond motifs is 3. The van der Waals surface area contributed by atoms with Gasteiger partial charge >= 0.3 is 21.1 Å². The number of aromatic nitrogens is 3. The molecule has 1 radical (unpaired) electrons. The Labute approximate surface area is 272 Å². The standard InChI is InChI=1S/C34H19N3O.Pt.Y/c1-2-9-24(10-3-1)26-16-19-34(36-23-26)37-32-15-5-4-13-29(32)30-18-17-28(22-33(30)37)38-27-12-8-11-25(21-27)31-14-6-7-20-35-31;;/h1-9,11-20H;;/q-4;+2;. The van der Waals surface area contributed by atoms with Crippen LogP contribution in [0.15, 0.2) is 115 Å². The van der Waals surface area contributed by atoms with Gasteiger partial charge in [-0.2, -0.15) is 36.4 Å². The molecule has 0 saturated heterocycles. The Morgan fingerprint density at radius 1 is 0.650 bits per heavy atom. The van der Waals surface area contributed by atoms with Crippen molar-refractivity contribution < 1.29 is 58.5 Å². The average Bonchev–Trinajstić information content (AvgIpc) is 3.32. The van der Waals surface area contributed by atoms with Crippen LogP contribution in [-0.2, 0) is 53.8 Å². The molecule has 191 valence electrons. The summed E-state index contributed by atoms with van der Waals surface area (Å²) in [6.45, 7) is 0. The monoisotopic (exact) mass is 769 g/mol. The molecule has 6 heteroatoms. The van der Waals surface area contributed by atoms with Gasteiger partial charge in [-0.05, 0) is 23.2 Å². The summed E-state index contributed by atoms with van der Waals surface area (Å²) in [5.41, 5.74) is 5.49. The largest absolute Gasteiger partial charge is 2.00 e. The Balaban J connectivity index is 0.00000161. The number of nitrogens with zero attached hydrogens (tertiary/aromatic N) is 3. The van der Waals surface area contributed by atoms with Crippen LogP contribution in [-0.4, -0.2) is 14.5 Å². The molecule has 7 rings (SSSR count). The van der Waals surface area contributed by atoms with Crippen LogP contribution in [0.5, 0.6) is 11.5 Å². The number of para-hydroxylation sites is 1. The Morgan fingerprint density at radius 2 is 1.48 bits per heavy atom. The van der Waals surface area contributed by atoms with E-state index in [1.807, 2.05) is 91.0 Å². The molecular formula is C34H19N3OPtY-2. The summed E-state index contributed by atoms with van der Waals surface area (Å²) in [4.78, 5) is 9.12. The molecule has 0 aliphatic rings. The van der Waals surface area contributed by atoms with Crippen molar-refractivity contribution in [2.24, 2.45) is 0 Å². The van der Waals surface area contributed by atoms with Crippen molar-refractivity contribution in [1.29, 1.82) is 0 Å². The molecule has 0 bridgehead atoms. The van der Waals surface area contributed by atoms with Gasteiger partial charge in [0.1, 0.15) is 0 Å². The van der Waals surface area contributed by atoms with Crippen LogP contribution >= 0.6 is 0 Å². The zero-order valence-corrected chi connectivity index (χ0v) is 26.2. The van der Waals surface area contributed by atoms with Crippen LogP contribution in [0.25, 0.3) is 50.0 Å². The second kappa shape index (κ2) is 12.4. The normalized spacial score (nSPS) is 10.6. The van der Waals surface area contributed by atoms with Crippen molar-refractivity contribution in [1.82, 2.24) is 14.5 Å². The van der Waals surface area contributed by atoms with E-state index in [0.29, 0.717) is 11.5 Å². The molecule has 3 aromatic heterocycles. The minimum Gasteiger partial charge on any atom is -0.503 e. The predicted molar refractivity (Wildman–Crippen MR) is 149 cm³/mol. The Hall–Kier alpha value is -3.43. The minimum atomic E-state index is 0. The number of hydrogen-bond donors (Lipinski definition) is 0. The molecule has 0 aliphatic heterocycles. The van der Waals surface area contributed by atoms with Crippen LogP contribution in [0.3, 0.4) is 0 Å². The van der Waals surface area contributed by atoms with Gasteiger partial charge < -0.3 is 19.3 Å². The fraction of sp³-hybridized carbons (Fsp3) is 0. The Morgan fingerprint density at radius 3 is 2.27 bits per heavy atom. The number of ether oxygens (including phenoxy) is 1. The van der Waals surface area contributed by atoms with Gasteiger partial charge in [-0.1, -0.05) is 48.1 Å². The molecule has 0 fully saturated rings. The van der Waals surface area contributed by atoms with Gasteiger partial charge in [0, 0.05) is 61.7 Å². The summed E-state index contributed by atoms with van der Waals surface area (Å²) < 4.78 is 8.33. The zero-order valence-electron chi connectivity index (χ0n) is 21.1. The van der Waals surface area contributed by atoms with E-state index in [-0.39, 0.29) is 53.8 Å². The SMILES string of the molecule is [Pt+2].[Y].[c-]1ccccc1-c1[c-]nc(-n2c3[c-]c(Oc4[c-]c(-c5ccccn5)ccc4)ccc3c3ccccc32)cc1. The molecule has 40 heavy (non-hydrogen) atoms. The first-order chi connectivity index (χ1) is 18.8. The second-order valence-corrected chi connectivity index (χ2v) is 8.79. The Kier molecular flexibility index (Phi) is 8.71. The third-order valence-electron chi connectivity index (χ3n) is 6.40. The van der Waals surface area contributed by atoms with E-state index >= 15 is 0 Å². The molecule has 0 spiro atoms. The molecule has 7 aromatic rings. The van der Waals surface area contributed by atoms with Gasteiger partial charge in [0.2, 0.25) is 0 Å². The van der Waals surface area contributed by atoms with Gasteiger partial charge in [-0.25, -0.2) is 11.1 Å². The first kappa shape index (κ1) is 28.1. The summed E-state index contributed by atoms with van der Waals surface area (Å²) in [5.74, 6) is 1.95. The van der Waals surface area contributed by atoms with Gasteiger partial charge in [0.05, 0.1) is 0 Å². The maximum absolute atomic E-state index is 6.23. The van der Waals surface area contributed by atoms with E-state index in [2.05, 4.69) is 52.1 Å². The minimum absolute atomic E-state index is 0. The van der Waals surface area contributed by atoms with Crippen LogP contribution in [0.4, 0.5) is 0 Å². The summed E-state index contributed by atoms with van der Waals surface area (Å²) >= 11 is 0. The van der Waals surface area contributed by atoms with E-state index < -0.39 is 0 Å². The fourth-order valence-corrected chi connectivity index (χ4v) is 4.65. The Bertz CT molecular complexity index is 1890. The molecule has 0 unspecified atom stereocenters. The topological polar surface area (TPSA) is 39.9 Å². The number of pyridine rings is 2. The fourth-order valence-electron chi connectivity index (χ4n) is 4.65. The van der Waals surface area contributed by atoms with Crippen molar-refractivity contribution >= 4 is 21.8 Å². The van der Waals surface area contributed by atoms with Crippen molar-refractivity contribution in [2.75, 3.05) is 0 Å². The van der Waals surface area contributed by atoms with E-state index in [1.165, 1.54) is 0 Å². The summed E-state index contributed by atoms with van der Waals surface area (Å²) in [7, 11) is 0. The maximum Gasteiger partial charge on any atom is 2.00 e. The number of hydrogen-bond acceptors (Lipinski definition) is 3. The average molecular weight is 770 g/mol. The molecule has 0 atom stereocenters. The molecule has 0 amide bonds. The van der Waals surface area contributed by atoms with Crippen molar-refractivity contribution in [2.45, 2.75) is 0 Å². The van der Waals surface area contributed by atoms with Gasteiger partial charge in [-0.3, -0.25) is 0 Å². The van der Waals surface area contributed by atoms with Crippen LogP contribution in [0.2, 0.25) is 0 Å². The van der Waals surface area contributed by atoms with E-state index in [9.17, 15) is 0 Å². The van der Waals surface area contributed by atoms with E-state index in [0.717, 1.165) is 50.0 Å². The molecule has 0 saturated carbocycles. The maximum atomic E-state index is 6.23. The molecule has 3 heterocycles. The van der Waals surface area contributed by atoms with Crippen molar-refractivity contribution in [3.63, 3.8) is 0 Å². The third-order valence-corrected chi connectivity index (χ3v) is 6.40. The first-order valence-corrected chi connectivity index (χ1v) is 12.3. The molecular weight excluding hydrogens is 750 g/mol. The number of rotatable bonds is 5. The predicted octanol–water partition coefficient (Wildman–Crippen LogP) is 7.90. The van der Waals surface area contributed by atoms with Crippen molar-refractivity contribution in [3.8, 4) is 39.7 Å². The molecule has 0 aliphatic carbocycles. The third kappa shape index (κ3) is 5.45. The van der Waals surface area contributed by atoms with Gasteiger partial charge in [0.25, 0.3) is 0 Å². The second-order valence-electron chi connectivity index (χ2n) is 8.79. The van der Waals surface area contributed by atoms with E-state index in [4.69, 9.17) is 9.72 Å². The zero-order chi connectivity index (χ0) is 25.3. The summed E-state index contributed by atoms with van der Waals surface area (Å²) in [6, 6.07) is 45.8. The summed E-state index contributed by atoms with van der Waals surface area (Å²) in [5, 5.41) is 2.19. The smallest absolute Gasteiger partial charge is 0.503 e. The molecule has 4 aromatic carbocycles. The molecule has 4 nitrogen and oxygen atoms in total. The van der Waals surface area contributed by atoms with Crippen molar-refractivity contribution in [3.05, 3.63) is 140 Å². The van der Waals surface area contributed by atoms with E-state index in [1.54, 1.807) is 6.20 Å². The molecule has 0 N–H and O–H groups in total. The van der Waals surface area contributed by atoms with Crippen LogP contribution < -0.4 is 4.74 Å². The first-order valence-electron chi connectivity index (χ1n) is 12.3. The van der Waals surface area contributed by atoms with Crippen LogP contribution in [0.1, 0.15) is 0 Å². The quantitative estimate of drug-likeness (QED) is 0.167. The summed E-state index contributed by atoms with van der Waals surface area (Å²) in [6.07, 6.45) is 4.96. The van der Waals surface area contributed by atoms with Crippen LogP contribution in [0, 0.1) is 24.4 Å². The van der Waals surface area contributed by atoms with Gasteiger partial charge in [-0.15, -0.1) is 53.4 Å².